The minimum absolute atomic E-state index is 0.0205. The average molecular weight is 380 g/mol. The number of methoxy groups -OCH3 is 1. The van der Waals surface area contributed by atoms with Crippen LogP contribution in [0.3, 0.4) is 0 Å². The van der Waals surface area contributed by atoms with E-state index in [0.717, 1.165) is 0 Å². The summed E-state index contributed by atoms with van der Waals surface area (Å²) in [5, 5.41) is 9.58. The van der Waals surface area contributed by atoms with Crippen LogP contribution in [0.25, 0.3) is 0 Å². The number of carboxylic acids is 1. The van der Waals surface area contributed by atoms with Gasteiger partial charge in [0.1, 0.15) is 23.4 Å². The fraction of sp³-hybridized carbons (Fsp3) is 0.278. The Bertz CT molecular complexity index is 811. The molecule has 2 aromatic rings. The molecule has 0 bridgehead atoms. The Labute approximate surface area is 151 Å². The van der Waals surface area contributed by atoms with Crippen molar-refractivity contribution in [3.05, 3.63) is 48.0 Å². The van der Waals surface area contributed by atoms with Crippen LogP contribution >= 0.6 is 7.37 Å². The number of carboxylic acid groups (broad SMARTS) is 1. The second-order valence-corrected chi connectivity index (χ2v) is 8.13. The van der Waals surface area contributed by atoms with Crippen LogP contribution in [-0.4, -0.2) is 42.5 Å². The molecule has 2 unspecified atom stereocenters. The SMILES string of the molecule is COCC(C)Oc1cc(Oc2ccc(P(C)(=O)O)cc2)cc(C(=O)O)c1. The third-order valence-electron chi connectivity index (χ3n) is 3.42. The second kappa shape index (κ2) is 8.36. The summed E-state index contributed by atoms with van der Waals surface area (Å²) in [5.74, 6) is -0.0849. The van der Waals surface area contributed by atoms with Crippen molar-refractivity contribution < 1.29 is 33.6 Å². The maximum Gasteiger partial charge on any atom is 0.335 e. The van der Waals surface area contributed by atoms with Crippen molar-refractivity contribution >= 4 is 18.6 Å². The van der Waals surface area contributed by atoms with Crippen LogP contribution in [-0.2, 0) is 9.30 Å². The molecule has 140 valence electrons. The van der Waals surface area contributed by atoms with E-state index in [1.165, 1.54) is 30.9 Å². The van der Waals surface area contributed by atoms with E-state index in [0.29, 0.717) is 23.4 Å². The summed E-state index contributed by atoms with van der Waals surface area (Å²) in [6, 6.07) is 10.4. The predicted octanol–water partition coefficient (Wildman–Crippen LogP) is 3.12. The Morgan fingerprint density at radius 2 is 1.73 bits per heavy atom. The van der Waals surface area contributed by atoms with Gasteiger partial charge in [-0.05, 0) is 43.3 Å². The van der Waals surface area contributed by atoms with E-state index in [1.807, 2.05) is 0 Å². The lowest BCUT2D eigenvalue weighted by Gasteiger charge is -2.15. The molecule has 0 spiro atoms. The number of rotatable bonds is 8. The van der Waals surface area contributed by atoms with Crippen molar-refractivity contribution in [3.63, 3.8) is 0 Å². The van der Waals surface area contributed by atoms with Gasteiger partial charge < -0.3 is 24.2 Å². The standard InChI is InChI=1S/C18H21O7P/c1-12(11-23-2)24-15-8-13(18(19)20)9-16(10-15)25-14-4-6-17(7-5-14)26(3,21)22/h4-10,12H,11H2,1-3H3,(H,19,20)(H,21,22). The van der Waals surface area contributed by atoms with Gasteiger partial charge >= 0.3 is 5.97 Å². The summed E-state index contributed by atoms with van der Waals surface area (Å²) in [7, 11) is -1.79. The molecule has 26 heavy (non-hydrogen) atoms. The molecule has 8 heteroatoms. The Morgan fingerprint density at radius 1 is 1.12 bits per heavy atom. The molecule has 2 aromatic carbocycles. The lowest BCUT2D eigenvalue weighted by molar-refractivity contribution is 0.0693. The number of hydrogen-bond acceptors (Lipinski definition) is 5. The number of benzene rings is 2. The molecule has 0 aromatic heterocycles. The van der Waals surface area contributed by atoms with Crippen molar-refractivity contribution in [3.8, 4) is 17.2 Å². The topological polar surface area (TPSA) is 102 Å². The molecule has 2 atom stereocenters. The number of ether oxygens (including phenoxy) is 3. The molecule has 0 aliphatic rings. The minimum Gasteiger partial charge on any atom is -0.488 e. The molecular weight excluding hydrogens is 359 g/mol. The van der Waals surface area contributed by atoms with Gasteiger partial charge in [0, 0.05) is 25.1 Å². The van der Waals surface area contributed by atoms with E-state index < -0.39 is 13.3 Å². The maximum absolute atomic E-state index is 11.6. The van der Waals surface area contributed by atoms with Crippen molar-refractivity contribution in [2.24, 2.45) is 0 Å². The van der Waals surface area contributed by atoms with Crippen LogP contribution in [0, 0.1) is 0 Å². The van der Waals surface area contributed by atoms with Gasteiger partial charge in [-0.2, -0.15) is 0 Å². The molecule has 2 rings (SSSR count). The summed E-state index contributed by atoms with van der Waals surface area (Å²) in [4.78, 5) is 20.9. The predicted molar refractivity (Wildman–Crippen MR) is 97.3 cm³/mol. The molecule has 0 heterocycles. The smallest absolute Gasteiger partial charge is 0.335 e. The van der Waals surface area contributed by atoms with E-state index in [9.17, 15) is 19.4 Å². The Hall–Kier alpha value is -2.34. The van der Waals surface area contributed by atoms with E-state index in [4.69, 9.17) is 14.2 Å². The molecule has 0 fully saturated rings. The summed E-state index contributed by atoms with van der Waals surface area (Å²) < 4.78 is 28.0. The highest BCUT2D eigenvalue weighted by molar-refractivity contribution is 7.65. The lowest BCUT2D eigenvalue weighted by Crippen LogP contribution is -2.18. The zero-order valence-electron chi connectivity index (χ0n) is 14.7. The van der Waals surface area contributed by atoms with Gasteiger partial charge in [-0.25, -0.2) is 4.79 Å². The highest BCUT2D eigenvalue weighted by Gasteiger charge is 2.14. The van der Waals surface area contributed by atoms with Gasteiger partial charge in [-0.15, -0.1) is 0 Å². The van der Waals surface area contributed by atoms with Crippen LogP contribution in [0.15, 0.2) is 42.5 Å². The van der Waals surface area contributed by atoms with Gasteiger partial charge in [0.2, 0.25) is 7.37 Å². The third-order valence-corrected chi connectivity index (χ3v) is 4.67. The van der Waals surface area contributed by atoms with Crippen molar-refractivity contribution in [1.29, 1.82) is 0 Å². The fourth-order valence-corrected chi connectivity index (χ4v) is 2.95. The van der Waals surface area contributed by atoms with Gasteiger partial charge in [0.25, 0.3) is 0 Å². The molecule has 0 radical (unpaired) electrons. The average Bonchev–Trinajstić information content (AvgIpc) is 2.54. The first-order valence-corrected chi connectivity index (χ1v) is 9.92. The normalized spacial score (nSPS) is 14.3. The number of carbonyl (C=O) groups is 1. The van der Waals surface area contributed by atoms with Gasteiger partial charge in [0.05, 0.1) is 12.2 Å². The van der Waals surface area contributed by atoms with Crippen LogP contribution in [0.5, 0.6) is 17.2 Å². The van der Waals surface area contributed by atoms with Gasteiger partial charge in [-0.3, -0.25) is 4.57 Å². The number of hydrogen-bond donors (Lipinski definition) is 2. The Morgan fingerprint density at radius 3 is 2.27 bits per heavy atom. The molecule has 0 saturated carbocycles. The highest BCUT2D eigenvalue weighted by atomic mass is 31.2. The van der Waals surface area contributed by atoms with Gasteiger partial charge in [0.15, 0.2) is 0 Å². The maximum atomic E-state index is 11.6. The van der Waals surface area contributed by atoms with E-state index in [1.54, 1.807) is 32.2 Å². The van der Waals surface area contributed by atoms with E-state index >= 15 is 0 Å². The lowest BCUT2D eigenvalue weighted by atomic mass is 10.2. The van der Waals surface area contributed by atoms with Gasteiger partial charge in [-0.1, -0.05) is 0 Å². The van der Waals surface area contributed by atoms with Crippen LogP contribution in [0.1, 0.15) is 17.3 Å². The summed E-state index contributed by atoms with van der Waals surface area (Å²) >= 11 is 0. The largest absolute Gasteiger partial charge is 0.488 e. The monoisotopic (exact) mass is 380 g/mol. The summed E-state index contributed by atoms with van der Waals surface area (Å²) in [5.41, 5.74) is 0.0205. The Kier molecular flexibility index (Phi) is 6.42. The fourth-order valence-electron chi connectivity index (χ4n) is 2.25. The van der Waals surface area contributed by atoms with E-state index in [2.05, 4.69) is 0 Å². The quantitative estimate of drug-likeness (QED) is 0.679. The molecule has 0 saturated heterocycles. The second-order valence-electron chi connectivity index (χ2n) is 5.86. The van der Waals surface area contributed by atoms with Crippen LogP contribution < -0.4 is 14.8 Å². The third kappa shape index (κ3) is 5.59. The minimum atomic E-state index is -3.34. The summed E-state index contributed by atoms with van der Waals surface area (Å²) in [6.45, 7) is 3.41. The molecule has 0 aliphatic heterocycles. The Balaban J connectivity index is 2.26. The van der Waals surface area contributed by atoms with Crippen molar-refractivity contribution in [2.75, 3.05) is 20.4 Å². The first-order chi connectivity index (χ1) is 12.2. The van der Waals surface area contributed by atoms with Crippen molar-refractivity contribution in [2.45, 2.75) is 13.0 Å². The van der Waals surface area contributed by atoms with Crippen LogP contribution in [0.4, 0.5) is 0 Å². The first kappa shape index (κ1) is 20.0. The highest BCUT2D eigenvalue weighted by Crippen LogP contribution is 2.35. The zero-order valence-corrected chi connectivity index (χ0v) is 15.6. The molecular formula is C18H21O7P. The number of aromatic carboxylic acids is 1. The molecule has 2 N–H and O–H groups in total. The molecule has 0 amide bonds. The zero-order chi connectivity index (χ0) is 19.3. The molecule has 0 aliphatic carbocycles. The van der Waals surface area contributed by atoms with E-state index in [-0.39, 0.29) is 17.4 Å². The molecule has 7 nitrogen and oxygen atoms in total. The van der Waals surface area contributed by atoms with Crippen LogP contribution in [0.2, 0.25) is 0 Å². The summed E-state index contributed by atoms with van der Waals surface area (Å²) in [6.07, 6.45) is -0.264. The van der Waals surface area contributed by atoms with Crippen molar-refractivity contribution in [1.82, 2.24) is 0 Å². The first-order valence-electron chi connectivity index (χ1n) is 7.82.